The molecule has 1 aromatic carbocycles. The first-order chi connectivity index (χ1) is 17.7. The Hall–Kier alpha value is -3.69. The van der Waals surface area contributed by atoms with Gasteiger partial charge in [-0.2, -0.15) is 0 Å². The molecule has 1 saturated heterocycles. The van der Waals surface area contributed by atoms with Crippen LogP contribution in [0.15, 0.2) is 54.6 Å². The molecule has 9 nitrogen and oxygen atoms in total. The molecule has 0 unspecified atom stereocenters. The van der Waals surface area contributed by atoms with Crippen LogP contribution < -0.4 is 25.0 Å². The highest BCUT2D eigenvalue weighted by Gasteiger charge is 2.40. The highest BCUT2D eigenvalue weighted by atomic mass is 16.5. The Bertz CT molecular complexity index is 1270. The van der Waals surface area contributed by atoms with Crippen molar-refractivity contribution in [2.45, 2.75) is 44.0 Å². The molecule has 36 heavy (non-hydrogen) atoms. The van der Waals surface area contributed by atoms with E-state index in [1.165, 1.54) is 5.56 Å². The fraction of sp³-hybridized carbons (Fsp3) is 0.370. The van der Waals surface area contributed by atoms with Gasteiger partial charge in [0.15, 0.2) is 18.2 Å². The van der Waals surface area contributed by atoms with Gasteiger partial charge in [-0.15, -0.1) is 0 Å². The minimum atomic E-state index is -0.181. The van der Waals surface area contributed by atoms with Crippen molar-refractivity contribution in [2.75, 3.05) is 30.7 Å². The molecule has 3 aliphatic rings. The zero-order chi connectivity index (χ0) is 24.5. The van der Waals surface area contributed by atoms with Crippen LogP contribution in [0.5, 0.6) is 11.6 Å². The molecule has 186 valence electrons. The summed E-state index contributed by atoms with van der Waals surface area (Å²) < 4.78 is 16.9. The highest BCUT2D eigenvalue weighted by molar-refractivity contribution is 5.94. The van der Waals surface area contributed by atoms with Gasteiger partial charge in [-0.3, -0.25) is 4.79 Å². The van der Waals surface area contributed by atoms with Crippen molar-refractivity contribution in [3.8, 4) is 22.9 Å². The van der Waals surface area contributed by atoms with Crippen LogP contribution in [0.1, 0.15) is 24.8 Å². The largest absolute Gasteiger partial charge is 0.481 e. The van der Waals surface area contributed by atoms with E-state index in [1.807, 2.05) is 30.3 Å². The van der Waals surface area contributed by atoms with E-state index in [-0.39, 0.29) is 24.7 Å². The quantitative estimate of drug-likeness (QED) is 0.546. The third-order valence-corrected chi connectivity index (χ3v) is 7.09. The Labute approximate surface area is 209 Å². The van der Waals surface area contributed by atoms with E-state index in [4.69, 9.17) is 14.2 Å². The van der Waals surface area contributed by atoms with Crippen molar-refractivity contribution >= 4 is 17.5 Å². The number of nitrogens with zero attached hydrogens (tertiary/aromatic N) is 3. The molecular weight excluding hydrogens is 458 g/mol. The number of fused-ring (bicyclic) bond motifs is 2. The van der Waals surface area contributed by atoms with E-state index in [2.05, 4.69) is 49.8 Å². The van der Waals surface area contributed by atoms with Gasteiger partial charge in [-0.25, -0.2) is 9.97 Å². The summed E-state index contributed by atoms with van der Waals surface area (Å²) in [6.45, 7) is 1.32. The van der Waals surface area contributed by atoms with E-state index in [0.717, 1.165) is 42.9 Å². The lowest BCUT2D eigenvalue weighted by atomic mass is 9.88. The summed E-state index contributed by atoms with van der Waals surface area (Å²) in [5.41, 5.74) is 3.19. The second-order valence-electron chi connectivity index (χ2n) is 9.38. The molecule has 0 bridgehead atoms. The Morgan fingerprint density at radius 2 is 2.06 bits per heavy atom. The van der Waals surface area contributed by atoms with Gasteiger partial charge in [-0.05, 0) is 49.1 Å². The fourth-order valence-electron chi connectivity index (χ4n) is 5.25. The molecule has 9 heteroatoms. The molecule has 1 aliphatic carbocycles. The normalized spacial score (nSPS) is 22.9. The van der Waals surface area contributed by atoms with Crippen molar-refractivity contribution in [3.05, 3.63) is 60.2 Å². The number of rotatable bonds is 6. The summed E-state index contributed by atoms with van der Waals surface area (Å²) in [5.74, 6) is 2.33. The number of hydrogen-bond acceptors (Lipinski definition) is 8. The van der Waals surface area contributed by atoms with Gasteiger partial charge in [0.1, 0.15) is 12.5 Å². The van der Waals surface area contributed by atoms with Crippen LogP contribution >= 0.6 is 0 Å². The predicted octanol–water partition coefficient (Wildman–Crippen LogP) is 3.36. The first-order valence-electron chi connectivity index (χ1n) is 12.3. The number of amides is 1. The summed E-state index contributed by atoms with van der Waals surface area (Å²) in [6.07, 6.45) is 3.16. The number of hydrogen-bond donors (Lipinski definition) is 2. The molecule has 1 saturated carbocycles. The number of aromatic nitrogens is 2. The molecule has 2 aromatic heterocycles. The zero-order valence-electron chi connectivity index (χ0n) is 20.1. The maximum atomic E-state index is 11.7. The molecule has 0 radical (unpaired) electrons. The Kier molecular flexibility index (Phi) is 6.16. The zero-order valence-corrected chi connectivity index (χ0v) is 20.1. The molecule has 2 fully saturated rings. The molecule has 0 spiro atoms. The van der Waals surface area contributed by atoms with Gasteiger partial charge in [-0.1, -0.05) is 24.3 Å². The van der Waals surface area contributed by atoms with Crippen molar-refractivity contribution in [1.29, 1.82) is 0 Å². The summed E-state index contributed by atoms with van der Waals surface area (Å²) in [7, 11) is 1.63. The number of anilines is 2. The second kappa shape index (κ2) is 9.75. The van der Waals surface area contributed by atoms with Crippen molar-refractivity contribution < 1.29 is 19.0 Å². The third kappa shape index (κ3) is 4.59. The topological polar surface area (TPSA) is 97.8 Å². The lowest BCUT2D eigenvalue weighted by molar-refractivity contribution is -0.118. The van der Waals surface area contributed by atoms with Gasteiger partial charge in [0, 0.05) is 24.2 Å². The van der Waals surface area contributed by atoms with Gasteiger partial charge in [0.05, 0.1) is 24.9 Å². The van der Waals surface area contributed by atoms with Gasteiger partial charge in [0.2, 0.25) is 5.88 Å². The lowest BCUT2D eigenvalue weighted by Crippen LogP contribution is -2.45. The summed E-state index contributed by atoms with van der Waals surface area (Å²) in [6, 6.07) is 18.7. The Morgan fingerprint density at radius 1 is 1.14 bits per heavy atom. The molecule has 3 aromatic rings. The maximum absolute atomic E-state index is 11.7. The first kappa shape index (κ1) is 22.8. The van der Waals surface area contributed by atoms with Gasteiger partial charge >= 0.3 is 0 Å². The lowest BCUT2D eigenvalue weighted by Gasteiger charge is -2.35. The van der Waals surface area contributed by atoms with Crippen molar-refractivity contribution in [3.63, 3.8) is 0 Å². The van der Waals surface area contributed by atoms with Gasteiger partial charge in [0.25, 0.3) is 5.91 Å². The van der Waals surface area contributed by atoms with Crippen molar-refractivity contribution in [1.82, 2.24) is 15.3 Å². The number of carbonyl (C=O) groups is 1. The van der Waals surface area contributed by atoms with Crippen LogP contribution in [0.4, 0.5) is 11.6 Å². The second-order valence-corrected chi connectivity index (χ2v) is 9.38. The average Bonchev–Trinajstić information content (AvgIpc) is 3.35. The third-order valence-electron chi connectivity index (χ3n) is 7.09. The number of benzene rings is 1. The van der Waals surface area contributed by atoms with Crippen LogP contribution in [0, 0.1) is 0 Å². The van der Waals surface area contributed by atoms with Crippen LogP contribution in [-0.4, -0.2) is 54.5 Å². The minimum Gasteiger partial charge on any atom is -0.481 e. The molecule has 3 atom stereocenters. The monoisotopic (exact) mass is 487 g/mol. The minimum absolute atomic E-state index is 0.0299. The average molecular weight is 488 g/mol. The summed E-state index contributed by atoms with van der Waals surface area (Å²) >= 11 is 0. The SMILES string of the molecule is COc1cccc(-c2cccc(CN[C@H]3CC[C@H]4[C@H](C3)OCN4c3ccc4c(n3)NC(=O)CO4)c2)n1. The Morgan fingerprint density at radius 3 is 2.97 bits per heavy atom. The van der Waals surface area contributed by atoms with E-state index >= 15 is 0 Å². The molecule has 1 amide bonds. The Balaban J connectivity index is 1.07. The highest BCUT2D eigenvalue weighted by Crippen LogP contribution is 2.36. The molecule has 6 rings (SSSR count). The van der Waals surface area contributed by atoms with Crippen LogP contribution in [0.3, 0.4) is 0 Å². The fourth-order valence-corrected chi connectivity index (χ4v) is 5.25. The van der Waals surface area contributed by atoms with Crippen molar-refractivity contribution in [2.24, 2.45) is 0 Å². The standard InChI is InChI=1S/C27H29N5O4/c1-34-26-7-3-6-20(29-26)18-5-2-4-17(12-18)14-28-19-8-9-21-23(13-19)36-16-32(21)24-11-10-22-27(30-24)31-25(33)15-35-22/h2-7,10-12,19,21,23,28H,8-9,13-16H2,1H3,(H,30,31,33)/t19-,21-,23-/m0/s1. The van der Waals surface area contributed by atoms with Gasteiger partial charge < -0.3 is 29.7 Å². The first-order valence-corrected chi connectivity index (χ1v) is 12.3. The van der Waals surface area contributed by atoms with E-state index in [9.17, 15) is 4.79 Å². The molecule has 2 N–H and O–H groups in total. The van der Waals surface area contributed by atoms with Crippen LogP contribution in [0.2, 0.25) is 0 Å². The molecule has 4 heterocycles. The predicted molar refractivity (Wildman–Crippen MR) is 135 cm³/mol. The van der Waals surface area contributed by atoms with E-state index < -0.39 is 0 Å². The number of carbonyl (C=O) groups excluding carboxylic acids is 1. The number of nitrogens with one attached hydrogen (secondary N) is 2. The summed E-state index contributed by atoms with van der Waals surface area (Å²) in [4.78, 5) is 23.1. The maximum Gasteiger partial charge on any atom is 0.263 e. The molecular formula is C27H29N5O4. The van der Waals surface area contributed by atoms with Crippen LogP contribution in [-0.2, 0) is 16.1 Å². The van der Waals surface area contributed by atoms with Crippen LogP contribution in [0.25, 0.3) is 11.3 Å². The van der Waals surface area contributed by atoms with E-state index in [0.29, 0.717) is 30.2 Å². The number of ether oxygens (including phenoxy) is 3. The van der Waals surface area contributed by atoms with E-state index in [1.54, 1.807) is 7.11 Å². The number of pyridine rings is 2. The molecule has 2 aliphatic heterocycles. The number of methoxy groups -OCH3 is 1. The summed E-state index contributed by atoms with van der Waals surface area (Å²) in [5, 5.41) is 6.52. The smallest absolute Gasteiger partial charge is 0.263 e.